The lowest BCUT2D eigenvalue weighted by Crippen LogP contribution is -2.59. The molecule has 3 rings (SSSR count). The molecule has 0 spiro atoms. The third kappa shape index (κ3) is 6.37. The van der Waals surface area contributed by atoms with Crippen LogP contribution in [0.15, 0.2) is 54.6 Å². The van der Waals surface area contributed by atoms with Crippen molar-refractivity contribution in [1.29, 1.82) is 0 Å². The van der Waals surface area contributed by atoms with Gasteiger partial charge < -0.3 is 14.8 Å². The normalized spacial score (nSPS) is 23.5. The van der Waals surface area contributed by atoms with Crippen LogP contribution in [0, 0.1) is 10.8 Å². The highest BCUT2D eigenvalue weighted by Crippen LogP contribution is 2.48. The van der Waals surface area contributed by atoms with Gasteiger partial charge in [0.25, 0.3) is 0 Å². The number of rotatable bonds is 9. The molecule has 2 aromatic rings. The van der Waals surface area contributed by atoms with Gasteiger partial charge in [-0.2, -0.15) is 0 Å². The van der Waals surface area contributed by atoms with Gasteiger partial charge in [-0.05, 0) is 55.9 Å². The monoisotopic (exact) mass is 479 g/mol. The molecule has 1 aliphatic heterocycles. The van der Waals surface area contributed by atoms with Gasteiger partial charge in [0, 0.05) is 12.6 Å². The molecule has 2 unspecified atom stereocenters. The van der Waals surface area contributed by atoms with E-state index >= 15 is 0 Å². The predicted octanol–water partition coefficient (Wildman–Crippen LogP) is 5.14. The Labute approximate surface area is 208 Å². The van der Waals surface area contributed by atoms with Crippen LogP contribution in [0.4, 0.5) is 5.69 Å². The van der Waals surface area contributed by atoms with E-state index in [2.05, 4.69) is 17.4 Å². The van der Waals surface area contributed by atoms with E-state index in [1.54, 1.807) is 0 Å². The van der Waals surface area contributed by atoms with E-state index in [4.69, 9.17) is 9.47 Å². The van der Waals surface area contributed by atoms with Crippen LogP contribution in [0.3, 0.4) is 0 Å². The molecular formula is C29H37NO5. The Bertz CT molecular complexity index is 1030. The van der Waals surface area contributed by atoms with Gasteiger partial charge in [-0.1, -0.05) is 56.3 Å². The number of ketones is 1. The molecule has 0 aromatic heterocycles. The highest BCUT2D eigenvalue weighted by Gasteiger charge is 2.57. The molecule has 1 saturated heterocycles. The van der Waals surface area contributed by atoms with Crippen molar-refractivity contribution in [1.82, 2.24) is 0 Å². The maximum absolute atomic E-state index is 13.9. The summed E-state index contributed by atoms with van der Waals surface area (Å²) in [6.45, 7) is 7.17. The number of Topliss-reactive ketones (excluding diaryl/α,β-unsaturated/α-hetero) is 1. The molecule has 6 heteroatoms. The lowest BCUT2D eigenvalue weighted by Gasteiger charge is -2.50. The number of hydrogen-bond acceptors (Lipinski definition) is 5. The first-order valence-electron chi connectivity index (χ1n) is 12.2. The van der Waals surface area contributed by atoms with Gasteiger partial charge in [0.15, 0.2) is 0 Å². The Hall–Kier alpha value is -2.99. The van der Waals surface area contributed by atoms with Gasteiger partial charge in [-0.3, -0.25) is 14.4 Å². The molecule has 0 aliphatic carbocycles. The molecule has 0 bridgehead atoms. The fourth-order valence-corrected chi connectivity index (χ4v) is 5.13. The minimum absolute atomic E-state index is 0.0106. The van der Waals surface area contributed by atoms with E-state index in [0.717, 1.165) is 24.1 Å². The fourth-order valence-electron chi connectivity index (χ4n) is 5.13. The molecule has 6 nitrogen and oxygen atoms in total. The van der Waals surface area contributed by atoms with Gasteiger partial charge in [0.05, 0.1) is 36.6 Å². The minimum atomic E-state index is -0.976. The van der Waals surface area contributed by atoms with E-state index in [1.807, 2.05) is 63.2 Å². The van der Waals surface area contributed by atoms with Gasteiger partial charge in [0.1, 0.15) is 5.78 Å². The third-order valence-electron chi connectivity index (χ3n) is 7.19. The number of esters is 1. The van der Waals surface area contributed by atoms with Gasteiger partial charge in [0.2, 0.25) is 5.91 Å². The number of nitrogens with one attached hydrogen (secondary N) is 1. The van der Waals surface area contributed by atoms with Crippen molar-refractivity contribution >= 4 is 23.3 Å². The summed E-state index contributed by atoms with van der Waals surface area (Å²) in [5.74, 6) is -0.479. The standard InChI is InChI=1S/C29H37NO5/c1-20(31)30-23-15-11-22(12-16-23)14-18-25-29(4,19-26(32)34-5)27(33)28(2,3)24(35-25)17-13-21-9-7-6-8-10-21/h6-12,15-16,24-25H,13-14,17-19H2,1-5H3,(H,30,31)/t24?,25?,29-/m1/s1. The predicted molar refractivity (Wildman–Crippen MR) is 136 cm³/mol. The summed E-state index contributed by atoms with van der Waals surface area (Å²) in [7, 11) is 1.35. The second-order valence-electron chi connectivity index (χ2n) is 10.3. The van der Waals surface area contributed by atoms with Crippen molar-refractivity contribution in [2.24, 2.45) is 10.8 Å². The van der Waals surface area contributed by atoms with Crippen LogP contribution in [0.1, 0.15) is 58.1 Å². The quantitative estimate of drug-likeness (QED) is 0.504. The first-order chi connectivity index (χ1) is 16.6. The van der Waals surface area contributed by atoms with E-state index < -0.39 is 22.9 Å². The number of ether oxygens (including phenoxy) is 2. The zero-order valence-electron chi connectivity index (χ0n) is 21.4. The van der Waals surface area contributed by atoms with Crippen molar-refractivity contribution in [3.8, 4) is 0 Å². The number of benzene rings is 2. The Morgan fingerprint density at radius 1 is 0.914 bits per heavy atom. The molecule has 1 N–H and O–H groups in total. The highest BCUT2D eigenvalue weighted by atomic mass is 16.5. The number of aryl methyl sites for hydroxylation is 2. The first kappa shape index (κ1) is 26.6. The number of anilines is 1. The average Bonchev–Trinajstić information content (AvgIpc) is 2.83. The molecular weight excluding hydrogens is 442 g/mol. The van der Waals surface area contributed by atoms with Crippen molar-refractivity contribution < 1.29 is 23.9 Å². The molecule has 3 atom stereocenters. The highest BCUT2D eigenvalue weighted by molar-refractivity contribution is 5.94. The summed E-state index contributed by atoms with van der Waals surface area (Å²) < 4.78 is 11.6. The summed E-state index contributed by atoms with van der Waals surface area (Å²) >= 11 is 0. The average molecular weight is 480 g/mol. The second-order valence-corrected chi connectivity index (χ2v) is 10.3. The maximum atomic E-state index is 13.9. The summed E-state index contributed by atoms with van der Waals surface area (Å²) in [4.78, 5) is 37.5. The Balaban J connectivity index is 1.80. The SMILES string of the molecule is COC(=O)C[C@@]1(C)C(=O)C(C)(C)C(CCc2ccccc2)OC1CCc1ccc(NC(C)=O)cc1. The topological polar surface area (TPSA) is 81.7 Å². The summed E-state index contributed by atoms with van der Waals surface area (Å²) in [5, 5.41) is 2.77. The second kappa shape index (κ2) is 11.2. The summed E-state index contributed by atoms with van der Waals surface area (Å²) in [6, 6.07) is 17.8. The van der Waals surface area contributed by atoms with E-state index in [1.165, 1.54) is 19.6 Å². The van der Waals surface area contributed by atoms with E-state index in [0.29, 0.717) is 12.8 Å². The Kier molecular flexibility index (Phi) is 8.49. The van der Waals surface area contributed by atoms with Gasteiger partial charge >= 0.3 is 5.97 Å². The van der Waals surface area contributed by atoms with E-state index in [-0.39, 0.29) is 24.2 Å². The fraction of sp³-hybridized carbons (Fsp3) is 0.483. The van der Waals surface area contributed by atoms with Crippen molar-refractivity contribution in [3.05, 3.63) is 65.7 Å². The van der Waals surface area contributed by atoms with Crippen LogP contribution in [-0.2, 0) is 36.7 Å². The largest absolute Gasteiger partial charge is 0.469 e. The molecule has 1 amide bonds. The van der Waals surface area contributed by atoms with E-state index in [9.17, 15) is 14.4 Å². The summed E-state index contributed by atoms with van der Waals surface area (Å²) in [5.41, 5.74) is 1.31. The molecule has 0 saturated carbocycles. The van der Waals surface area contributed by atoms with Crippen LogP contribution in [-0.4, -0.2) is 37.0 Å². The smallest absolute Gasteiger partial charge is 0.306 e. The summed E-state index contributed by atoms with van der Waals surface area (Å²) in [6.07, 6.45) is 2.12. The van der Waals surface area contributed by atoms with Crippen LogP contribution in [0.2, 0.25) is 0 Å². The lowest BCUT2D eigenvalue weighted by atomic mass is 9.62. The van der Waals surface area contributed by atoms with Crippen LogP contribution < -0.4 is 5.32 Å². The molecule has 35 heavy (non-hydrogen) atoms. The molecule has 0 radical (unpaired) electrons. The molecule has 1 fully saturated rings. The number of hydrogen-bond donors (Lipinski definition) is 1. The molecule has 2 aromatic carbocycles. The minimum Gasteiger partial charge on any atom is -0.469 e. The van der Waals surface area contributed by atoms with Crippen LogP contribution in [0.5, 0.6) is 0 Å². The molecule has 1 aliphatic rings. The lowest BCUT2D eigenvalue weighted by molar-refractivity contribution is -0.196. The van der Waals surface area contributed by atoms with Crippen LogP contribution >= 0.6 is 0 Å². The number of carbonyl (C=O) groups excluding carboxylic acids is 3. The Morgan fingerprint density at radius 3 is 2.06 bits per heavy atom. The van der Waals surface area contributed by atoms with Crippen molar-refractivity contribution in [2.45, 2.75) is 72.0 Å². The van der Waals surface area contributed by atoms with Crippen molar-refractivity contribution in [3.63, 3.8) is 0 Å². The zero-order chi connectivity index (χ0) is 25.6. The first-order valence-corrected chi connectivity index (χ1v) is 12.2. The Morgan fingerprint density at radius 2 is 1.49 bits per heavy atom. The zero-order valence-corrected chi connectivity index (χ0v) is 21.4. The maximum Gasteiger partial charge on any atom is 0.306 e. The van der Waals surface area contributed by atoms with Crippen LogP contribution in [0.25, 0.3) is 0 Å². The molecule has 1 heterocycles. The molecule has 188 valence electrons. The third-order valence-corrected chi connectivity index (χ3v) is 7.19. The van der Waals surface area contributed by atoms with Gasteiger partial charge in [-0.25, -0.2) is 0 Å². The van der Waals surface area contributed by atoms with Crippen molar-refractivity contribution in [2.75, 3.05) is 12.4 Å². The van der Waals surface area contributed by atoms with Gasteiger partial charge in [-0.15, -0.1) is 0 Å². The number of amides is 1. The number of carbonyl (C=O) groups is 3. The number of methoxy groups -OCH3 is 1.